The number of anilines is 1. The van der Waals surface area contributed by atoms with Gasteiger partial charge >= 0.3 is 0 Å². The van der Waals surface area contributed by atoms with Crippen LogP contribution in [0.3, 0.4) is 0 Å². The molecule has 0 radical (unpaired) electrons. The molecule has 2 aromatic rings. The molecule has 0 bridgehead atoms. The fraction of sp³-hybridized carbons (Fsp3) is 0.409. The van der Waals surface area contributed by atoms with Gasteiger partial charge in [-0.05, 0) is 36.2 Å². The zero-order chi connectivity index (χ0) is 22.4. The van der Waals surface area contributed by atoms with E-state index in [0.717, 1.165) is 12.0 Å². The summed E-state index contributed by atoms with van der Waals surface area (Å²) in [6, 6.07) is 7.65. The first-order valence-corrected chi connectivity index (χ1v) is 9.95. The Labute approximate surface area is 204 Å². The second kappa shape index (κ2) is 11.9. The number of guanidine groups is 1. The predicted molar refractivity (Wildman–Crippen MR) is 132 cm³/mol. The number of rotatable bonds is 7. The molecule has 32 heavy (non-hydrogen) atoms. The molecule has 0 saturated carbocycles. The molecule has 1 fully saturated rings. The molecule has 1 atom stereocenters. The van der Waals surface area contributed by atoms with Crippen molar-refractivity contribution >= 4 is 35.6 Å². The minimum absolute atomic E-state index is 0. The number of nitrogens with zero attached hydrogens (tertiary/aromatic N) is 2. The summed E-state index contributed by atoms with van der Waals surface area (Å²) in [5.74, 6) is 1.16. The maximum atomic E-state index is 14.1. The van der Waals surface area contributed by atoms with Crippen molar-refractivity contribution in [3.63, 3.8) is 0 Å². The van der Waals surface area contributed by atoms with Crippen molar-refractivity contribution in [2.45, 2.75) is 19.0 Å². The van der Waals surface area contributed by atoms with E-state index in [4.69, 9.17) is 14.2 Å². The predicted octanol–water partition coefficient (Wildman–Crippen LogP) is 3.55. The lowest BCUT2D eigenvalue weighted by Gasteiger charge is -2.21. The van der Waals surface area contributed by atoms with Gasteiger partial charge in [0.2, 0.25) is 5.75 Å². The minimum atomic E-state index is -0.550. The maximum absolute atomic E-state index is 14.1. The van der Waals surface area contributed by atoms with E-state index >= 15 is 0 Å². The summed E-state index contributed by atoms with van der Waals surface area (Å²) in [7, 11) is 6.37. The topological polar surface area (TPSA) is 67.4 Å². The molecule has 2 aromatic carbocycles. The Kier molecular flexibility index (Phi) is 9.60. The number of hydrogen-bond acceptors (Lipinski definition) is 5. The first-order chi connectivity index (χ1) is 15.0. The Morgan fingerprint density at radius 2 is 1.72 bits per heavy atom. The molecular formula is C22H29F2IN4O3. The second-order valence-electron chi connectivity index (χ2n) is 7.11. The Balaban J connectivity index is 0.00000363. The first-order valence-electron chi connectivity index (χ1n) is 9.95. The van der Waals surface area contributed by atoms with Gasteiger partial charge in [-0.15, -0.1) is 24.0 Å². The molecule has 1 aliphatic heterocycles. The number of methoxy groups -OCH3 is 3. The highest BCUT2D eigenvalue weighted by Gasteiger charge is 2.27. The Morgan fingerprint density at radius 3 is 2.25 bits per heavy atom. The van der Waals surface area contributed by atoms with Crippen LogP contribution in [0.4, 0.5) is 14.5 Å². The molecule has 176 valence electrons. The van der Waals surface area contributed by atoms with Crippen molar-refractivity contribution in [1.82, 2.24) is 10.6 Å². The highest BCUT2D eigenvalue weighted by Crippen LogP contribution is 2.38. The van der Waals surface area contributed by atoms with Gasteiger partial charge in [-0.3, -0.25) is 4.99 Å². The molecule has 0 aliphatic carbocycles. The summed E-state index contributed by atoms with van der Waals surface area (Å²) < 4.78 is 44.3. The third-order valence-corrected chi connectivity index (χ3v) is 5.19. The molecule has 10 heteroatoms. The summed E-state index contributed by atoms with van der Waals surface area (Å²) in [5.41, 5.74) is 0.936. The van der Waals surface area contributed by atoms with Crippen molar-refractivity contribution in [3.8, 4) is 17.2 Å². The summed E-state index contributed by atoms with van der Waals surface area (Å²) in [6.45, 7) is 1.50. The highest BCUT2D eigenvalue weighted by molar-refractivity contribution is 14.0. The van der Waals surface area contributed by atoms with Crippen LogP contribution in [0.5, 0.6) is 17.2 Å². The molecule has 1 unspecified atom stereocenters. The zero-order valence-electron chi connectivity index (χ0n) is 18.6. The van der Waals surface area contributed by atoms with Crippen LogP contribution in [0.1, 0.15) is 12.0 Å². The third-order valence-electron chi connectivity index (χ3n) is 5.19. The smallest absolute Gasteiger partial charge is 0.203 e. The quantitative estimate of drug-likeness (QED) is 0.306. The van der Waals surface area contributed by atoms with E-state index in [2.05, 4.69) is 15.6 Å². The van der Waals surface area contributed by atoms with Crippen LogP contribution in [0.25, 0.3) is 0 Å². The van der Waals surface area contributed by atoms with Crippen LogP contribution in [-0.2, 0) is 6.54 Å². The lowest BCUT2D eigenvalue weighted by atomic mass is 10.2. The molecule has 1 aliphatic rings. The third kappa shape index (κ3) is 5.84. The normalized spacial score (nSPS) is 15.8. The van der Waals surface area contributed by atoms with Crippen molar-refractivity contribution in [2.24, 2.45) is 4.99 Å². The van der Waals surface area contributed by atoms with Crippen LogP contribution in [-0.4, -0.2) is 53.5 Å². The highest BCUT2D eigenvalue weighted by atomic mass is 127. The zero-order valence-corrected chi connectivity index (χ0v) is 20.9. The van der Waals surface area contributed by atoms with Gasteiger partial charge in [0.1, 0.15) is 17.3 Å². The molecular weight excluding hydrogens is 533 g/mol. The van der Waals surface area contributed by atoms with Gasteiger partial charge in [0.25, 0.3) is 0 Å². The van der Waals surface area contributed by atoms with Gasteiger partial charge in [-0.25, -0.2) is 8.78 Å². The maximum Gasteiger partial charge on any atom is 0.203 e. The molecule has 7 nitrogen and oxygen atoms in total. The minimum Gasteiger partial charge on any atom is -0.493 e. The molecule has 2 N–H and O–H groups in total. The van der Waals surface area contributed by atoms with Crippen molar-refractivity contribution < 1.29 is 23.0 Å². The number of aliphatic imine (C=N–C) groups is 1. The van der Waals surface area contributed by atoms with Gasteiger partial charge in [0, 0.05) is 32.7 Å². The SMILES string of the molecule is CN=C(NCc1cc(OC)c(OC)c(OC)c1)NC1CCN(c2c(F)cccc2F)C1.I. The Morgan fingerprint density at radius 1 is 1.09 bits per heavy atom. The van der Waals surface area contributed by atoms with Gasteiger partial charge in [0.05, 0.1) is 21.3 Å². The van der Waals surface area contributed by atoms with E-state index in [9.17, 15) is 8.78 Å². The van der Waals surface area contributed by atoms with E-state index in [1.807, 2.05) is 12.1 Å². The lowest BCUT2D eigenvalue weighted by molar-refractivity contribution is 0.323. The summed E-state index contributed by atoms with van der Waals surface area (Å²) in [5, 5.41) is 6.57. The largest absolute Gasteiger partial charge is 0.493 e. The van der Waals surface area contributed by atoms with E-state index < -0.39 is 11.6 Å². The Bertz CT molecular complexity index is 900. The summed E-state index contributed by atoms with van der Waals surface area (Å²) >= 11 is 0. The van der Waals surface area contributed by atoms with Crippen molar-refractivity contribution in [2.75, 3.05) is 46.4 Å². The van der Waals surface area contributed by atoms with Crippen LogP contribution in [0.15, 0.2) is 35.3 Å². The summed E-state index contributed by atoms with van der Waals surface area (Å²) in [4.78, 5) is 5.98. The van der Waals surface area contributed by atoms with Crippen molar-refractivity contribution in [1.29, 1.82) is 0 Å². The van der Waals surface area contributed by atoms with E-state index in [1.54, 1.807) is 33.3 Å². The molecule has 1 heterocycles. The molecule has 3 rings (SSSR count). The van der Waals surface area contributed by atoms with E-state index in [1.165, 1.54) is 18.2 Å². The first kappa shape index (κ1) is 25.8. The standard InChI is InChI=1S/C22H28F2N4O3.HI/c1-25-22(26-12-14-10-18(29-2)21(31-4)19(11-14)30-3)27-15-8-9-28(13-15)20-16(23)6-5-7-17(20)24;/h5-7,10-11,15H,8-9,12-13H2,1-4H3,(H2,25,26,27);1H. The van der Waals surface area contributed by atoms with Gasteiger partial charge in [-0.1, -0.05) is 6.07 Å². The van der Waals surface area contributed by atoms with Crippen LogP contribution in [0.2, 0.25) is 0 Å². The number of halogens is 3. The molecule has 0 amide bonds. The summed E-state index contributed by atoms with van der Waals surface area (Å²) in [6.07, 6.45) is 0.735. The second-order valence-corrected chi connectivity index (χ2v) is 7.11. The monoisotopic (exact) mass is 562 g/mol. The average molecular weight is 562 g/mol. The number of nitrogens with one attached hydrogen (secondary N) is 2. The number of hydrogen-bond donors (Lipinski definition) is 2. The number of ether oxygens (including phenoxy) is 3. The lowest BCUT2D eigenvalue weighted by Crippen LogP contribution is -2.44. The van der Waals surface area contributed by atoms with Gasteiger partial charge in [0.15, 0.2) is 17.5 Å². The molecule has 0 aromatic heterocycles. The number of para-hydroxylation sites is 1. The van der Waals surface area contributed by atoms with Gasteiger partial charge < -0.3 is 29.7 Å². The van der Waals surface area contributed by atoms with Crippen LogP contribution in [0, 0.1) is 11.6 Å². The van der Waals surface area contributed by atoms with E-state index in [-0.39, 0.29) is 35.7 Å². The van der Waals surface area contributed by atoms with Crippen LogP contribution >= 0.6 is 24.0 Å². The van der Waals surface area contributed by atoms with E-state index in [0.29, 0.717) is 42.8 Å². The van der Waals surface area contributed by atoms with Crippen LogP contribution < -0.4 is 29.7 Å². The fourth-order valence-electron chi connectivity index (χ4n) is 3.68. The average Bonchev–Trinajstić information content (AvgIpc) is 3.23. The van der Waals surface area contributed by atoms with Gasteiger partial charge in [-0.2, -0.15) is 0 Å². The van der Waals surface area contributed by atoms with Crippen molar-refractivity contribution in [3.05, 3.63) is 47.5 Å². The fourth-order valence-corrected chi connectivity index (χ4v) is 3.68. The Hall–Kier alpha value is -2.50. The molecule has 0 spiro atoms. The molecule has 1 saturated heterocycles. The number of benzene rings is 2.